The maximum absolute atomic E-state index is 12.3. The second kappa shape index (κ2) is 6.10. The number of amides is 1. The zero-order valence-corrected chi connectivity index (χ0v) is 11.8. The lowest BCUT2D eigenvalue weighted by molar-refractivity contribution is -0.142. The third-order valence-corrected chi connectivity index (χ3v) is 3.77. The summed E-state index contributed by atoms with van der Waals surface area (Å²) in [4.78, 5) is 23.7. The molecule has 2 unspecified atom stereocenters. The molecule has 0 spiro atoms. The molecule has 0 radical (unpaired) electrons. The Kier molecular flexibility index (Phi) is 4.01. The van der Waals surface area contributed by atoms with E-state index in [1.807, 2.05) is 0 Å². The molecular formula is C14H16N4O4. The summed E-state index contributed by atoms with van der Waals surface area (Å²) in [6.45, 7) is 0.989. The van der Waals surface area contributed by atoms with Crippen LogP contribution in [0.25, 0.3) is 5.65 Å². The Bertz CT molecular complexity index is 693. The largest absolute Gasteiger partial charge is 0.480 e. The van der Waals surface area contributed by atoms with Crippen LogP contribution in [0, 0.1) is 5.92 Å². The molecule has 2 aromatic rings. The standard InChI is InChI=1S/C14H16N4O4/c19-13(9-3-4-11-17-15-8-18(11)6-9)16-12(14(20)21)10-2-1-5-22-7-10/h3-4,6,8,10,12H,1-2,5,7H2,(H,16,19)(H,20,21). The Balaban J connectivity index is 1.76. The predicted octanol–water partition coefficient (Wildman–Crippen LogP) is 0.339. The van der Waals surface area contributed by atoms with Gasteiger partial charge < -0.3 is 15.2 Å². The van der Waals surface area contributed by atoms with Gasteiger partial charge in [-0.3, -0.25) is 9.20 Å². The normalized spacial score (nSPS) is 19.7. The number of fused-ring (bicyclic) bond motifs is 1. The number of hydrogen-bond acceptors (Lipinski definition) is 5. The molecular weight excluding hydrogens is 288 g/mol. The van der Waals surface area contributed by atoms with E-state index < -0.39 is 17.9 Å². The van der Waals surface area contributed by atoms with Gasteiger partial charge in [0.1, 0.15) is 12.4 Å². The molecule has 0 aliphatic carbocycles. The van der Waals surface area contributed by atoms with Crippen LogP contribution in [0.2, 0.25) is 0 Å². The van der Waals surface area contributed by atoms with Crippen LogP contribution in [0.15, 0.2) is 24.7 Å². The number of carboxylic acid groups (broad SMARTS) is 1. The molecule has 1 aliphatic heterocycles. The summed E-state index contributed by atoms with van der Waals surface area (Å²) >= 11 is 0. The van der Waals surface area contributed by atoms with Gasteiger partial charge in [-0.25, -0.2) is 4.79 Å². The van der Waals surface area contributed by atoms with E-state index in [1.165, 1.54) is 6.33 Å². The van der Waals surface area contributed by atoms with Crippen LogP contribution in [-0.4, -0.2) is 50.8 Å². The third kappa shape index (κ3) is 2.91. The van der Waals surface area contributed by atoms with Crippen LogP contribution in [0.4, 0.5) is 0 Å². The average molecular weight is 304 g/mol. The Labute approximate surface area is 126 Å². The molecule has 2 N–H and O–H groups in total. The van der Waals surface area contributed by atoms with Gasteiger partial charge >= 0.3 is 5.97 Å². The summed E-state index contributed by atoms with van der Waals surface area (Å²) in [5.74, 6) is -1.70. The van der Waals surface area contributed by atoms with Crippen molar-refractivity contribution in [1.82, 2.24) is 19.9 Å². The Morgan fingerprint density at radius 1 is 1.45 bits per heavy atom. The summed E-state index contributed by atoms with van der Waals surface area (Å²) in [7, 11) is 0. The van der Waals surface area contributed by atoms with Crippen molar-refractivity contribution in [2.24, 2.45) is 5.92 Å². The second-order valence-corrected chi connectivity index (χ2v) is 5.28. The lowest BCUT2D eigenvalue weighted by atomic mass is 9.93. The molecule has 2 aromatic heterocycles. The van der Waals surface area contributed by atoms with Gasteiger partial charge in [-0.2, -0.15) is 0 Å². The fourth-order valence-electron chi connectivity index (χ4n) is 2.60. The molecule has 0 saturated carbocycles. The maximum Gasteiger partial charge on any atom is 0.326 e. The Morgan fingerprint density at radius 2 is 2.32 bits per heavy atom. The third-order valence-electron chi connectivity index (χ3n) is 3.77. The van der Waals surface area contributed by atoms with Crippen LogP contribution in [0.1, 0.15) is 23.2 Å². The van der Waals surface area contributed by atoms with Crippen molar-refractivity contribution in [2.75, 3.05) is 13.2 Å². The molecule has 2 atom stereocenters. The maximum atomic E-state index is 12.3. The number of carbonyl (C=O) groups is 2. The van der Waals surface area contributed by atoms with E-state index in [9.17, 15) is 14.7 Å². The summed E-state index contributed by atoms with van der Waals surface area (Å²) in [6.07, 6.45) is 4.58. The molecule has 1 fully saturated rings. The van der Waals surface area contributed by atoms with Crippen molar-refractivity contribution in [2.45, 2.75) is 18.9 Å². The second-order valence-electron chi connectivity index (χ2n) is 5.28. The number of aromatic nitrogens is 3. The molecule has 1 aliphatic rings. The molecule has 1 amide bonds. The van der Waals surface area contributed by atoms with Gasteiger partial charge in [-0.15, -0.1) is 10.2 Å². The number of nitrogens with one attached hydrogen (secondary N) is 1. The highest BCUT2D eigenvalue weighted by molar-refractivity contribution is 5.96. The molecule has 3 rings (SSSR count). The van der Waals surface area contributed by atoms with Crippen molar-refractivity contribution >= 4 is 17.5 Å². The molecule has 1 saturated heterocycles. The first-order valence-electron chi connectivity index (χ1n) is 7.06. The smallest absolute Gasteiger partial charge is 0.326 e. The zero-order chi connectivity index (χ0) is 15.5. The van der Waals surface area contributed by atoms with Gasteiger partial charge in [0.15, 0.2) is 5.65 Å². The number of carbonyl (C=O) groups excluding carboxylic acids is 1. The van der Waals surface area contributed by atoms with Gasteiger partial charge in [0, 0.05) is 18.7 Å². The summed E-state index contributed by atoms with van der Waals surface area (Å²) < 4.78 is 6.92. The SMILES string of the molecule is O=C(NC(C(=O)O)C1CCCOC1)c1ccc2nncn2c1. The van der Waals surface area contributed by atoms with Crippen LogP contribution in [0.3, 0.4) is 0 Å². The minimum atomic E-state index is -1.05. The number of ether oxygens (including phenoxy) is 1. The monoisotopic (exact) mass is 304 g/mol. The molecule has 116 valence electrons. The highest BCUT2D eigenvalue weighted by Gasteiger charge is 2.31. The van der Waals surface area contributed by atoms with E-state index in [1.54, 1.807) is 22.7 Å². The quantitative estimate of drug-likeness (QED) is 0.843. The Morgan fingerprint density at radius 3 is 3.05 bits per heavy atom. The number of hydrogen-bond donors (Lipinski definition) is 2. The molecule has 8 nitrogen and oxygen atoms in total. The molecule has 0 bridgehead atoms. The van der Waals surface area contributed by atoms with Gasteiger partial charge in [0.2, 0.25) is 0 Å². The Hall–Kier alpha value is -2.48. The fraction of sp³-hybridized carbons (Fsp3) is 0.429. The van der Waals surface area contributed by atoms with Crippen LogP contribution < -0.4 is 5.32 Å². The highest BCUT2D eigenvalue weighted by Crippen LogP contribution is 2.18. The van der Waals surface area contributed by atoms with Crippen molar-refractivity contribution in [3.05, 3.63) is 30.2 Å². The number of nitrogens with zero attached hydrogens (tertiary/aromatic N) is 3. The van der Waals surface area contributed by atoms with Crippen LogP contribution >= 0.6 is 0 Å². The highest BCUT2D eigenvalue weighted by atomic mass is 16.5. The van der Waals surface area contributed by atoms with E-state index in [-0.39, 0.29) is 5.92 Å². The van der Waals surface area contributed by atoms with Crippen LogP contribution in [0.5, 0.6) is 0 Å². The molecule has 8 heteroatoms. The fourth-order valence-corrected chi connectivity index (χ4v) is 2.60. The summed E-state index contributed by atoms with van der Waals surface area (Å²) in [6, 6.07) is 2.29. The number of aliphatic carboxylic acids is 1. The zero-order valence-electron chi connectivity index (χ0n) is 11.8. The predicted molar refractivity (Wildman–Crippen MR) is 75.4 cm³/mol. The number of pyridine rings is 1. The number of rotatable bonds is 4. The van der Waals surface area contributed by atoms with Gasteiger partial charge in [0.05, 0.1) is 12.2 Å². The molecule has 0 aromatic carbocycles. The lowest BCUT2D eigenvalue weighted by Gasteiger charge is -2.28. The van der Waals surface area contributed by atoms with Gasteiger partial charge in [-0.05, 0) is 25.0 Å². The first-order valence-corrected chi connectivity index (χ1v) is 7.06. The van der Waals surface area contributed by atoms with E-state index in [4.69, 9.17) is 4.74 Å². The lowest BCUT2D eigenvalue weighted by Crippen LogP contribution is -2.48. The minimum absolute atomic E-state index is 0.214. The summed E-state index contributed by atoms with van der Waals surface area (Å²) in [5, 5.41) is 19.5. The van der Waals surface area contributed by atoms with Crippen molar-refractivity contribution in [3.8, 4) is 0 Å². The average Bonchev–Trinajstić information content (AvgIpc) is 3.00. The number of carboxylic acids is 1. The van der Waals surface area contributed by atoms with E-state index in [2.05, 4.69) is 15.5 Å². The van der Waals surface area contributed by atoms with Crippen molar-refractivity contribution in [3.63, 3.8) is 0 Å². The van der Waals surface area contributed by atoms with E-state index in [0.29, 0.717) is 24.4 Å². The first kappa shape index (κ1) is 14.5. The van der Waals surface area contributed by atoms with Crippen molar-refractivity contribution in [1.29, 1.82) is 0 Å². The van der Waals surface area contributed by atoms with Gasteiger partial charge in [0.25, 0.3) is 5.91 Å². The van der Waals surface area contributed by atoms with E-state index >= 15 is 0 Å². The van der Waals surface area contributed by atoms with Gasteiger partial charge in [-0.1, -0.05) is 0 Å². The van der Waals surface area contributed by atoms with Crippen molar-refractivity contribution < 1.29 is 19.4 Å². The topological polar surface area (TPSA) is 106 Å². The molecule has 22 heavy (non-hydrogen) atoms. The summed E-state index contributed by atoms with van der Waals surface area (Å²) in [5.41, 5.74) is 0.974. The minimum Gasteiger partial charge on any atom is -0.480 e. The van der Waals surface area contributed by atoms with E-state index in [0.717, 1.165) is 12.8 Å². The van der Waals surface area contributed by atoms with Crippen LogP contribution in [-0.2, 0) is 9.53 Å². The first-order chi connectivity index (χ1) is 10.6. The molecule has 3 heterocycles.